The maximum Gasteiger partial charge on any atom is 2.00 e. The van der Waals surface area contributed by atoms with Crippen LogP contribution in [-0.4, -0.2) is 19.3 Å². The minimum atomic E-state index is -0.206. The Labute approximate surface area is 329 Å². The normalized spacial score (nSPS) is 12.4. The van der Waals surface area contributed by atoms with E-state index >= 15 is 0 Å². The van der Waals surface area contributed by atoms with Gasteiger partial charge >= 0.3 is 20.4 Å². The van der Waals surface area contributed by atoms with Gasteiger partial charge in [-0.15, -0.1) is 41.3 Å². The van der Waals surface area contributed by atoms with Gasteiger partial charge in [-0.2, -0.15) is 11.2 Å². The zero-order valence-corrected chi connectivity index (χ0v) is 34.7. The van der Waals surface area contributed by atoms with Crippen LogP contribution in [0.15, 0.2) is 85.1 Å². The summed E-state index contributed by atoms with van der Waals surface area (Å²) in [4.78, 5) is 4.85. The number of aromatic nitrogens is 4. The number of aryl methyl sites for hydroxylation is 3. The van der Waals surface area contributed by atoms with Crippen molar-refractivity contribution in [3.05, 3.63) is 131 Å². The van der Waals surface area contributed by atoms with Crippen molar-refractivity contribution in [3.8, 4) is 34.1 Å². The van der Waals surface area contributed by atoms with Crippen molar-refractivity contribution in [2.75, 3.05) is 0 Å². The minimum absolute atomic E-state index is 0. The molecule has 0 N–H and O–H groups in total. The second kappa shape index (κ2) is 13.7. The SMILES string of the molecule is Cc1cccc(C)c1-c1c(C)nn(-c2[c-]c(Oc3[c-]c4c(cc3)c3ccccc3n4-c3cc(C(C)(C)C)ccn3)cc(C(C)(C)C)c2)c1C(C)(C)C.[Pd+2]. The molecular formula is C47H50N4OPd. The third kappa shape index (κ3) is 7.12. The molecule has 0 spiro atoms. The van der Waals surface area contributed by atoms with Gasteiger partial charge in [0, 0.05) is 34.2 Å². The van der Waals surface area contributed by atoms with Gasteiger partial charge in [0.15, 0.2) is 0 Å². The standard InChI is InChI=1S/C47H50N4O.Pd/c1-29-16-15-17-30(2)42(29)43-31(3)49-51(44(43)47(10,11)12)34-24-33(46(7,8)9)25-36(27-34)52-35-20-21-38-37-18-13-14-19-39(37)50(40(38)28-35)41-26-32(22-23-48-41)45(4,5)6;/h13-26H,1-12H3;/q-2;+2. The van der Waals surface area contributed by atoms with Crippen molar-refractivity contribution < 1.29 is 25.2 Å². The van der Waals surface area contributed by atoms with Crippen molar-refractivity contribution >= 4 is 21.8 Å². The summed E-state index contributed by atoms with van der Waals surface area (Å²) in [5.41, 5.74) is 11.9. The Morgan fingerprint density at radius 2 is 1.30 bits per heavy atom. The first-order valence-corrected chi connectivity index (χ1v) is 18.3. The molecule has 7 aromatic rings. The molecule has 53 heavy (non-hydrogen) atoms. The number of ether oxygens (including phenoxy) is 1. The molecule has 274 valence electrons. The molecular weight excluding hydrogens is 743 g/mol. The van der Waals surface area contributed by atoms with Crippen LogP contribution in [0.4, 0.5) is 0 Å². The average Bonchev–Trinajstić information content (AvgIpc) is 3.58. The van der Waals surface area contributed by atoms with E-state index in [-0.39, 0.29) is 36.7 Å². The summed E-state index contributed by atoms with van der Waals surface area (Å²) < 4.78 is 11.0. The summed E-state index contributed by atoms with van der Waals surface area (Å²) >= 11 is 0. The number of rotatable bonds is 5. The molecule has 7 rings (SSSR count). The van der Waals surface area contributed by atoms with Crippen LogP contribution >= 0.6 is 0 Å². The number of nitrogens with zero attached hydrogens (tertiary/aromatic N) is 4. The van der Waals surface area contributed by atoms with Crippen LogP contribution in [-0.2, 0) is 36.7 Å². The molecule has 0 aliphatic carbocycles. The van der Waals surface area contributed by atoms with Gasteiger partial charge in [-0.25, -0.2) is 4.98 Å². The second-order valence-electron chi connectivity index (χ2n) is 17.3. The molecule has 0 saturated heterocycles. The largest absolute Gasteiger partial charge is 2.00 e. The molecule has 0 amide bonds. The smallest absolute Gasteiger partial charge is 0.509 e. The van der Waals surface area contributed by atoms with Crippen LogP contribution in [0.1, 0.15) is 96.0 Å². The van der Waals surface area contributed by atoms with Crippen molar-refractivity contribution in [1.29, 1.82) is 0 Å². The van der Waals surface area contributed by atoms with Gasteiger partial charge < -0.3 is 9.30 Å². The molecule has 6 heteroatoms. The Bertz CT molecular complexity index is 2460. The van der Waals surface area contributed by atoms with Crippen LogP contribution in [0.5, 0.6) is 11.5 Å². The summed E-state index contributed by atoms with van der Waals surface area (Å²) in [7, 11) is 0. The molecule has 3 aromatic heterocycles. The van der Waals surface area contributed by atoms with Crippen LogP contribution in [0.25, 0.3) is 44.4 Å². The summed E-state index contributed by atoms with van der Waals surface area (Å²) in [6.07, 6.45) is 1.90. The summed E-state index contributed by atoms with van der Waals surface area (Å²) in [5, 5.41) is 7.47. The molecule has 0 radical (unpaired) electrons. The number of para-hydroxylation sites is 1. The van der Waals surface area contributed by atoms with Gasteiger partial charge in [-0.1, -0.05) is 104 Å². The number of fused-ring (bicyclic) bond motifs is 3. The Balaban J connectivity index is 0.00000481. The maximum absolute atomic E-state index is 6.75. The molecule has 0 aliphatic heterocycles. The van der Waals surface area contributed by atoms with Crippen LogP contribution in [0.3, 0.4) is 0 Å². The van der Waals surface area contributed by atoms with Gasteiger partial charge in [0.05, 0.1) is 11.4 Å². The zero-order valence-electron chi connectivity index (χ0n) is 33.1. The van der Waals surface area contributed by atoms with E-state index in [0.717, 1.165) is 50.3 Å². The second-order valence-corrected chi connectivity index (χ2v) is 17.3. The van der Waals surface area contributed by atoms with Gasteiger partial charge in [0.1, 0.15) is 5.82 Å². The molecule has 0 fully saturated rings. The van der Waals surface area contributed by atoms with E-state index in [9.17, 15) is 0 Å². The Morgan fingerprint density at radius 1 is 0.623 bits per heavy atom. The molecule has 3 heterocycles. The molecule has 0 saturated carbocycles. The van der Waals surface area contributed by atoms with E-state index in [0.29, 0.717) is 11.5 Å². The minimum Gasteiger partial charge on any atom is -0.509 e. The average molecular weight is 793 g/mol. The Kier molecular flexibility index (Phi) is 9.90. The summed E-state index contributed by atoms with van der Waals surface area (Å²) in [6.45, 7) is 26.6. The maximum atomic E-state index is 6.75. The zero-order chi connectivity index (χ0) is 37.3. The van der Waals surface area contributed by atoms with Crippen LogP contribution in [0, 0.1) is 32.9 Å². The first-order chi connectivity index (χ1) is 24.4. The van der Waals surface area contributed by atoms with E-state index in [2.05, 4.69) is 177 Å². The molecule has 4 aromatic carbocycles. The van der Waals surface area contributed by atoms with E-state index in [1.807, 2.05) is 12.3 Å². The fourth-order valence-electron chi connectivity index (χ4n) is 7.33. The first-order valence-electron chi connectivity index (χ1n) is 18.3. The van der Waals surface area contributed by atoms with E-state index in [1.165, 1.54) is 27.8 Å². The van der Waals surface area contributed by atoms with Crippen molar-refractivity contribution in [2.45, 2.75) is 99.3 Å². The van der Waals surface area contributed by atoms with Crippen molar-refractivity contribution in [2.24, 2.45) is 0 Å². The first kappa shape index (κ1) is 38.2. The number of hydrogen-bond donors (Lipinski definition) is 0. The molecule has 0 aliphatic rings. The van der Waals surface area contributed by atoms with Crippen LogP contribution in [0.2, 0.25) is 0 Å². The summed E-state index contributed by atoms with van der Waals surface area (Å²) in [6, 6.07) is 35.0. The van der Waals surface area contributed by atoms with Gasteiger partial charge in [-0.05, 0) is 83.1 Å². The Hall–Kier alpha value is -4.50. The molecule has 5 nitrogen and oxygen atoms in total. The van der Waals surface area contributed by atoms with Crippen molar-refractivity contribution in [1.82, 2.24) is 19.3 Å². The van der Waals surface area contributed by atoms with Gasteiger partial charge in [-0.3, -0.25) is 4.68 Å². The van der Waals surface area contributed by atoms with Crippen LogP contribution < -0.4 is 4.74 Å². The molecule has 0 bridgehead atoms. The van der Waals surface area contributed by atoms with Gasteiger partial charge in [0.2, 0.25) is 0 Å². The van der Waals surface area contributed by atoms with E-state index in [1.54, 1.807) is 0 Å². The quantitative estimate of drug-likeness (QED) is 0.129. The van der Waals surface area contributed by atoms with Gasteiger partial charge in [0.25, 0.3) is 0 Å². The monoisotopic (exact) mass is 792 g/mol. The third-order valence-electron chi connectivity index (χ3n) is 10.0. The fourth-order valence-corrected chi connectivity index (χ4v) is 7.33. The predicted octanol–water partition coefficient (Wildman–Crippen LogP) is 12.2. The van der Waals surface area contributed by atoms with Crippen molar-refractivity contribution in [3.63, 3.8) is 0 Å². The topological polar surface area (TPSA) is 44.9 Å². The molecule has 0 atom stereocenters. The number of hydrogen-bond acceptors (Lipinski definition) is 3. The van der Waals surface area contributed by atoms with E-state index < -0.39 is 0 Å². The summed E-state index contributed by atoms with van der Waals surface area (Å²) in [5.74, 6) is 2.09. The third-order valence-corrected chi connectivity index (χ3v) is 10.0. The molecule has 0 unspecified atom stereocenters. The fraction of sp³-hybridized carbons (Fsp3) is 0.319. The van der Waals surface area contributed by atoms with E-state index in [4.69, 9.17) is 14.8 Å². The Morgan fingerprint density at radius 3 is 1.96 bits per heavy atom. The number of pyridine rings is 1. The predicted molar refractivity (Wildman–Crippen MR) is 216 cm³/mol. The number of benzene rings is 4.